The summed E-state index contributed by atoms with van der Waals surface area (Å²) in [6, 6.07) is 9.38. The molecule has 2 bridgehead atoms. The van der Waals surface area contributed by atoms with Gasteiger partial charge in [0.05, 0.1) is 11.0 Å². The fourth-order valence-corrected chi connectivity index (χ4v) is 4.96. The number of nitrogens with zero attached hydrogens (tertiary/aromatic N) is 3. The maximum atomic E-state index is 12.8. The van der Waals surface area contributed by atoms with Gasteiger partial charge in [0.25, 0.3) is 0 Å². The summed E-state index contributed by atoms with van der Waals surface area (Å²) in [4.78, 5) is 19.9. The second kappa shape index (κ2) is 8.62. The summed E-state index contributed by atoms with van der Waals surface area (Å²) in [5.41, 5.74) is 2.03. The third-order valence-electron chi connectivity index (χ3n) is 6.48. The Morgan fingerprint density at radius 2 is 1.93 bits per heavy atom. The zero-order valence-electron chi connectivity index (χ0n) is 17.2. The maximum Gasteiger partial charge on any atom is 0.226 e. The molecule has 0 aliphatic carbocycles. The highest BCUT2D eigenvalue weighted by atomic mass is 16.1. The van der Waals surface area contributed by atoms with Crippen molar-refractivity contribution < 1.29 is 4.79 Å². The van der Waals surface area contributed by atoms with Gasteiger partial charge in [0.15, 0.2) is 0 Å². The predicted molar refractivity (Wildman–Crippen MR) is 113 cm³/mol. The highest BCUT2D eigenvalue weighted by Gasteiger charge is 2.34. The Bertz CT molecular complexity index is 800. The number of anilines is 1. The molecule has 1 aromatic heterocycles. The molecule has 3 heterocycles. The molecule has 4 rings (SSSR count). The third kappa shape index (κ3) is 4.23. The van der Waals surface area contributed by atoms with Gasteiger partial charge in [-0.05, 0) is 56.8 Å². The van der Waals surface area contributed by atoms with Crippen LogP contribution in [0, 0.1) is 5.92 Å². The number of fused-ring (bicyclic) bond motifs is 3. The van der Waals surface area contributed by atoms with Gasteiger partial charge in [0.1, 0.15) is 0 Å². The average Bonchev–Trinajstić information content (AvgIpc) is 3.21. The number of nitrogens with one attached hydrogen (secondary N) is 2. The Morgan fingerprint density at radius 3 is 2.64 bits per heavy atom. The standard InChI is InChI=1S/C22H33N5O/c1-3-26(4-2)11-12-27-20-8-6-5-7-19(20)24-22(27)25-21(28)15-16-13-17-9-10-18(14-16)23-17/h5-8,16-18,23H,3-4,9-15H2,1-2H3,(H,24,25,28). The van der Waals surface area contributed by atoms with Crippen molar-refractivity contribution >= 4 is 22.9 Å². The quantitative estimate of drug-likeness (QED) is 0.735. The first kappa shape index (κ1) is 19.4. The normalized spacial score (nSPS) is 24.2. The van der Waals surface area contributed by atoms with Crippen LogP contribution in [0.3, 0.4) is 0 Å². The van der Waals surface area contributed by atoms with Crippen LogP contribution in [0.5, 0.6) is 0 Å². The molecule has 2 N–H and O–H groups in total. The lowest BCUT2D eigenvalue weighted by Crippen LogP contribution is -2.39. The first-order valence-electron chi connectivity index (χ1n) is 10.9. The minimum Gasteiger partial charge on any atom is -0.311 e. The first-order valence-corrected chi connectivity index (χ1v) is 10.9. The van der Waals surface area contributed by atoms with E-state index in [0.717, 1.165) is 50.1 Å². The van der Waals surface area contributed by atoms with Crippen molar-refractivity contribution in [2.45, 2.75) is 64.6 Å². The zero-order chi connectivity index (χ0) is 19.5. The van der Waals surface area contributed by atoms with Crippen LogP contribution in [0.4, 0.5) is 5.95 Å². The zero-order valence-corrected chi connectivity index (χ0v) is 17.2. The van der Waals surface area contributed by atoms with Crippen molar-refractivity contribution in [2.24, 2.45) is 5.92 Å². The topological polar surface area (TPSA) is 62.2 Å². The lowest BCUT2D eigenvalue weighted by molar-refractivity contribution is -0.117. The van der Waals surface area contributed by atoms with Crippen molar-refractivity contribution in [2.75, 3.05) is 25.0 Å². The summed E-state index contributed by atoms with van der Waals surface area (Å²) in [5, 5.41) is 6.79. The van der Waals surface area contributed by atoms with E-state index in [-0.39, 0.29) is 5.91 Å². The van der Waals surface area contributed by atoms with Gasteiger partial charge >= 0.3 is 0 Å². The fourth-order valence-electron chi connectivity index (χ4n) is 4.96. The monoisotopic (exact) mass is 383 g/mol. The van der Waals surface area contributed by atoms with E-state index in [2.05, 4.69) is 40.0 Å². The van der Waals surface area contributed by atoms with Gasteiger partial charge < -0.3 is 14.8 Å². The van der Waals surface area contributed by atoms with E-state index in [4.69, 9.17) is 4.98 Å². The Labute approximate surface area is 167 Å². The van der Waals surface area contributed by atoms with Crippen LogP contribution in [-0.2, 0) is 11.3 Å². The number of aromatic nitrogens is 2. The van der Waals surface area contributed by atoms with Crippen molar-refractivity contribution in [1.29, 1.82) is 0 Å². The number of likely N-dealkylation sites (N-methyl/N-ethyl adjacent to an activating group) is 1. The second-order valence-electron chi connectivity index (χ2n) is 8.33. The summed E-state index contributed by atoms with van der Waals surface area (Å²) in [6.07, 6.45) is 5.40. The Kier molecular flexibility index (Phi) is 5.97. The number of piperidine rings is 1. The van der Waals surface area contributed by atoms with Crippen LogP contribution < -0.4 is 10.6 Å². The van der Waals surface area contributed by atoms with Crippen molar-refractivity contribution in [3.05, 3.63) is 24.3 Å². The Hall–Kier alpha value is -1.92. The number of amides is 1. The smallest absolute Gasteiger partial charge is 0.226 e. The SMILES string of the molecule is CCN(CC)CCn1c(NC(=O)CC2CC3CCC(C2)N3)nc2ccccc21. The minimum absolute atomic E-state index is 0.102. The molecule has 1 aromatic carbocycles. The van der Waals surface area contributed by atoms with E-state index in [9.17, 15) is 4.79 Å². The van der Waals surface area contributed by atoms with Gasteiger partial charge in [-0.1, -0.05) is 26.0 Å². The molecule has 0 radical (unpaired) electrons. The van der Waals surface area contributed by atoms with E-state index in [1.54, 1.807) is 0 Å². The van der Waals surface area contributed by atoms with Gasteiger partial charge in [-0.2, -0.15) is 0 Å². The van der Waals surface area contributed by atoms with Gasteiger partial charge in [-0.15, -0.1) is 0 Å². The Morgan fingerprint density at radius 1 is 1.21 bits per heavy atom. The summed E-state index contributed by atoms with van der Waals surface area (Å²) in [6.45, 7) is 8.21. The number of para-hydroxylation sites is 2. The highest BCUT2D eigenvalue weighted by molar-refractivity contribution is 5.91. The summed E-state index contributed by atoms with van der Waals surface area (Å²) in [7, 11) is 0. The molecule has 152 valence electrons. The third-order valence-corrected chi connectivity index (χ3v) is 6.48. The molecule has 0 saturated carbocycles. The molecule has 2 fully saturated rings. The largest absolute Gasteiger partial charge is 0.311 e. The lowest BCUT2D eigenvalue weighted by atomic mass is 9.89. The van der Waals surface area contributed by atoms with Crippen LogP contribution in [-0.4, -0.2) is 52.1 Å². The van der Waals surface area contributed by atoms with Crippen LogP contribution in [0.2, 0.25) is 0 Å². The number of imidazole rings is 1. The van der Waals surface area contributed by atoms with E-state index in [0.29, 0.717) is 30.4 Å². The molecule has 2 saturated heterocycles. The number of benzene rings is 1. The van der Waals surface area contributed by atoms with Crippen molar-refractivity contribution in [3.63, 3.8) is 0 Å². The predicted octanol–water partition coefficient (Wildman–Crippen LogP) is 3.24. The number of carbonyl (C=O) groups is 1. The summed E-state index contributed by atoms with van der Waals surface area (Å²) >= 11 is 0. The molecule has 28 heavy (non-hydrogen) atoms. The molecule has 2 aromatic rings. The number of carbonyl (C=O) groups excluding carboxylic acids is 1. The molecular weight excluding hydrogens is 350 g/mol. The first-order chi connectivity index (χ1) is 13.7. The molecule has 0 spiro atoms. The van der Waals surface area contributed by atoms with Gasteiger partial charge in [0, 0.05) is 31.6 Å². The highest BCUT2D eigenvalue weighted by Crippen LogP contribution is 2.33. The number of hydrogen-bond donors (Lipinski definition) is 2. The molecule has 2 aliphatic heterocycles. The van der Waals surface area contributed by atoms with Crippen LogP contribution in [0.1, 0.15) is 46.0 Å². The fraction of sp³-hybridized carbons (Fsp3) is 0.636. The maximum absolute atomic E-state index is 12.8. The second-order valence-corrected chi connectivity index (χ2v) is 8.33. The summed E-state index contributed by atoms with van der Waals surface area (Å²) < 4.78 is 2.16. The average molecular weight is 384 g/mol. The van der Waals surface area contributed by atoms with Crippen LogP contribution in [0.15, 0.2) is 24.3 Å². The Balaban J connectivity index is 1.46. The van der Waals surface area contributed by atoms with Gasteiger partial charge in [0.2, 0.25) is 11.9 Å². The van der Waals surface area contributed by atoms with Crippen molar-refractivity contribution in [1.82, 2.24) is 19.8 Å². The molecule has 6 heteroatoms. The van der Waals surface area contributed by atoms with Crippen LogP contribution >= 0.6 is 0 Å². The lowest BCUT2D eigenvalue weighted by Gasteiger charge is -2.28. The molecule has 2 atom stereocenters. The van der Waals surface area contributed by atoms with E-state index < -0.39 is 0 Å². The van der Waals surface area contributed by atoms with E-state index >= 15 is 0 Å². The molecule has 1 amide bonds. The molecular formula is C22H33N5O. The summed E-state index contributed by atoms with van der Waals surface area (Å²) in [5.74, 6) is 1.29. The molecule has 2 aliphatic rings. The van der Waals surface area contributed by atoms with Gasteiger partial charge in [-0.25, -0.2) is 4.98 Å². The number of rotatable bonds is 8. The van der Waals surface area contributed by atoms with Crippen molar-refractivity contribution in [3.8, 4) is 0 Å². The van der Waals surface area contributed by atoms with E-state index in [1.807, 2.05) is 18.2 Å². The van der Waals surface area contributed by atoms with Crippen LogP contribution in [0.25, 0.3) is 11.0 Å². The number of hydrogen-bond acceptors (Lipinski definition) is 4. The van der Waals surface area contributed by atoms with Gasteiger partial charge in [-0.3, -0.25) is 10.1 Å². The molecule has 2 unspecified atom stereocenters. The molecule has 6 nitrogen and oxygen atoms in total. The van der Waals surface area contributed by atoms with E-state index in [1.165, 1.54) is 12.8 Å². The minimum atomic E-state index is 0.102.